The standard InChI is InChI=1S/C22H29N5O2S/c1-6-29-21(28)19-14(3)26-20(30-19)15(4)27-22(23-5)24-11-10-16-12-25-17-9-7-8-13(2)18(16)17/h7-9,12,15,25H,6,10-11H2,1-5H3,(H2,23,24,27). The van der Waals surface area contributed by atoms with E-state index in [0.717, 1.165) is 23.5 Å². The lowest BCUT2D eigenvalue weighted by Crippen LogP contribution is -2.39. The minimum absolute atomic E-state index is 0.0848. The quantitative estimate of drug-likeness (QED) is 0.302. The number of aromatic nitrogens is 2. The van der Waals surface area contributed by atoms with Crippen LogP contribution in [0.15, 0.2) is 29.4 Å². The maximum atomic E-state index is 12.0. The molecule has 160 valence electrons. The van der Waals surface area contributed by atoms with Gasteiger partial charge in [0.05, 0.1) is 18.3 Å². The van der Waals surface area contributed by atoms with Gasteiger partial charge in [0.2, 0.25) is 0 Å². The maximum absolute atomic E-state index is 12.0. The second-order valence-electron chi connectivity index (χ2n) is 7.11. The van der Waals surface area contributed by atoms with Gasteiger partial charge in [-0.15, -0.1) is 11.3 Å². The summed E-state index contributed by atoms with van der Waals surface area (Å²) in [6.45, 7) is 8.87. The topological polar surface area (TPSA) is 91.4 Å². The summed E-state index contributed by atoms with van der Waals surface area (Å²) in [4.78, 5) is 24.8. The molecule has 0 fully saturated rings. The van der Waals surface area contributed by atoms with Crippen LogP contribution in [0.5, 0.6) is 0 Å². The summed E-state index contributed by atoms with van der Waals surface area (Å²) in [5.74, 6) is 0.382. The molecule has 1 atom stereocenters. The molecule has 0 bridgehead atoms. The molecule has 0 aliphatic carbocycles. The van der Waals surface area contributed by atoms with E-state index in [1.165, 1.54) is 27.8 Å². The summed E-state index contributed by atoms with van der Waals surface area (Å²) >= 11 is 1.36. The molecule has 30 heavy (non-hydrogen) atoms. The molecule has 7 nitrogen and oxygen atoms in total. The van der Waals surface area contributed by atoms with E-state index in [0.29, 0.717) is 23.1 Å². The molecule has 3 N–H and O–H groups in total. The van der Waals surface area contributed by atoms with Gasteiger partial charge in [-0.2, -0.15) is 0 Å². The highest BCUT2D eigenvalue weighted by Crippen LogP contribution is 2.24. The Morgan fingerprint density at radius 1 is 1.37 bits per heavy atom. The lowest BCUT2D eigenvalue weighted by Gasteiger charge is -2.16. The summed E-state index contributed by atoms with van der Waals surface area (Å²) in [5.41, 5.74) is 4.42. The number of nitrogens with one attached hydrogen (secondary N) is 3. The molecule has 0 amide bonds. The molecule has 8 heteroatoms. The number of aromatic amines is 1. The van der Waals surface area contributed by atoms with Gasteiger partial charge in [-0.05, 0) is 51.3 Å². The van der Waals surface area contributed by atoms with Crippen LogP contribution in [0.25, 0.3) is 10.9 Å². The Morgan fingerprint density at radius 3 is 2.90 bits per heavy atom. The van der Waals surface area contributed by atoms with Crippen LogP contribution in [-0.4, -0.2) is 42.1 Å². The first-order valence-corrected chi connectivity index (χ1v) is 10.9. The number of thiazole rings is 1. The molecule has 0 saturated carbocycles. The van der Waals surface area contributed by atoms with E-state index < -0.39 is 0 Å². The van der Waals surface area contributed by atoms with Crippen LogP contribution in [0.2, 0.25) is 0 Å². The number of carbonyl (C=O) groups excluding carboxylic acids is 1. The van der Waals surface area contributed by atoms with Gasteiger partial charge in [-0.25, -0.2) is 9.78 Å². The van der Waals surface area contributed by atoms with Crippen LogP contribution in [-0.2, 0) is 11.2 Å². The van der Waals surface area contributed by atoms with E-state index in [2.05, 4.69) is 56.9 Å². The van der Waals surface area contributed by atoms with Crippen molar-refractivity contribution in [3.63, 3.8) is 0 Å². The summed E-state index contributed by atoms with van der Waals surface area (Å²) in [5, 5.41) is 8.83. The van der Waals surface area contributed by atoms with E-state index in [1.54, 1.807) is 14.0 Å². The van der Waals surface area contributed by atoms with Crippen LogP contribution < -0.4 is 10.6 Å². The van der Waals surface area contributed by atoms with Gasteiger partial charge in [0.15, 0.2) is 5.96 Å². The minimum Gasteiger partial charge on any atom is -0.462 e. The van der Waals surface area contributed by atoms with E-state index in [4.69, 9.17) is 4.74 Å². The van der Waals surface area contributed by atoms with Gasteiger partial charge in [-0.3, -0.25) is 4.99 Å². The number of esters is 1. The van der Waals surface area contributed by atoms with Crippen molar-refractivity contribution in [2.45, 2.75) is 40.2 Å². The number of rotatable bonds is 7. The van der Waals surface area contributed by atoms with Crippen molar-refractivity contribution in [1.29, 1.82) is 0 Å². The number of H-pyrrole nitrogens is 1. The summed E-state index contributed by atoms with van der Waals surface area (Å²) in [7, 11) is 1.75. The Kier molecular flexibility index (Phi) is 7.10. The number of benzene rings is 1. The van der Waals surface area contributed by atoms with Crippen molar-refractivity contribution < 1.29 is 9.53 Å². The lowest BCUT2D eigenvalue weighted by molar-refractivity contribution is 0.0531. The number of aryl methyl sites for hydroxylation is 2. The monoisotopic (exact) mass is 427 g/mol. The van der Waals surface area contributed by atoms with Crippen LogP contribution in [0.3, 0.4) is 0 Å². The van der Waals surface area contributed by atoms with E-state index in [9.17, 15) is 4.79 Å². The molecule has 0 saturated heterocycles. The first-order valence-electron chi connectivity index (χ1n) is 10.1. The fraction of sp³-hybridized carbons (Fsp3) is 0.409. The van der Waals surface area contributed by atoms with Crippen LogP contribution in [0.1, 0.15) is 51.4 Å². The predicted octanol–water partition coefficient (Wildman–Crippen LogP) is 3.89. The molecular weight excluding hydrogens is 398 g/mol. The van der Waals surface area contributed by atoms with Crippen molar-refractivity contribution >= 4 is 34.2 Å². The average Bonchev–Trinajstić information content (AvgIpc) is 3.32. The molecule has 3 aromatic rings. The molecule has 0 radical (unpaired) electrons. The Hall–Kier alpha value is -2.87. The molecule has 1 aromatic carbocycles. The Labute approximate surface area is 181 Å². The second kappa shape index (κ2) is 9.75. The highest BCUT2D eigenvalue weighted by molar-refractivity contribution is 7.13. The highest BCUT2D eigenvalue weighted by atomic mass is 32.1. The largest absolute Gasteiger partial charge is 0.462 e. The fourth-order valence-electron chi connectivity index (χ4n) is 3.41. The molecule has 0 spiro atoms. The van der Waals surface area contributed by atoms with Gasteiger partial charge in [0, 0.05) is 30.7 Å². The van der Waals surface area contributed by atoms with Gasteiger partial charge in [-0.1, -0.05) is 12.1 Å². The van der Waals surface area contributed by atoms with Gasteiger partial charge >= 0.3 is 5.97 Å². The predicted molar refractivity (Wildman–Crippen MR) is 122 cm³/mol. The summed E-state index contributed by atoms with van der Waals surface area (Å²) < 4.78 is 5.10. The first-order chi connectivity index (χ1) is 14.4. The lowest BCUT2D eigenvalue weighted by atomic mass is 10.1. The van der Waals surface area contributed by atoms with Crippen molar-refractivity contribution in [3.8, 4) is 0 Å². The SMILES string of the molecule is CCOC(=O)c1sc(C(C)NC(=NC)NCCc2c[nH]c3cccc(C)c23)nc1C. The van der Waals surface area contributed by atoms with Crippen molar-refractivity contribution in [1.82, 2.24) is 20.6 Å². The third-order valence-corrected chi connectivity index (χ3v) is 6.22. The molecule has 2 aromatic heterocycles. The summed E-state index contributed by atoms with van der Waals surface area (Å²) in [6.07, 6.45) is 2.96. The van der Waals surface area contributed by atoms with Gasteiger partial charge in [0.1, 0.15) is 9.88 Å². The van der Waals surface area contributed by atoms with Crippen molar-refractivity contribution in [2.75, 3.05) is 20.2 Å². The number of ether oxygens (including phenoxy) is 1. The number of carbonyl (C=O) groups is 1. The number of aliphatic imine (C=N–C) groups is 1. The van der Waals surface area contributed by atoms with E-state index in [1.807, 2.05) is 13.8 Å². The zero-order chi connectivity index (χ0) is 21.7. The first kappa shape index (κ1) is 21.8. The Morgan fingerprint density at radius 2 is 2.17 bits per heavy atom. The van der Waals surface area contributed by atoms with Crippen LogP contribution in [0.4, 0.5) is 0 Å². The van der Waals surface area contributed by atoms with Crippen LogP contribution >= 0.6 is 11.3 Å². The average molecular weight is 428 g/mol. The number of guanidine groups is 1. The molecular formula is C22H29N5O2S. The second-order valence-corrected chi connectivity index (χ2v) is 8.14. The van der Waals surface area contributed by atoms with Crippen LogP contribution in [0, 0.1) is 13.8 Å². The maximum Gasteiger partial charge on any atom is 0.350 e. The van der Waals surface area contributed by atoms with E-state index in [-0.39, 0.29) is 12.0 Å². The summed E-state index contributed by atoms with van der Waals surface area (Å²) in [6, 6.07) is 6.22. The third kappa shape index (κ3) is 4.81. The fourth-order valence-corrected chi connectivity index (χ4v) is 4.38. The number of hydrogen-bond acceptors (Lipinski definition) is 5. The van der Waals surface area contributed by atoms with Gasteiger partial charge < -0.3 is 20.4 Å². The van der Waals surface area contributed by atoms with E-state index >= 15 is 0 Å². The molecule has 1 unspecified atom stereocenters. The van der Waals surface area contributed by atoms with Crippen molar-refractivity contribution in [2.24, 2.45) is 4.99 Å². The molecule has 0 aliphatic heterocycles. The highest BCUT2D eigenvalue weighted by Gasteiger charge is 2.20. The number of nitrogens with zero attached hydrogens (tertiary/aromatic N) is 2. The Bertz CT molecular complexity index is 1050. The molecule has 3 rings (SSSR count). The third-order valence-electron chi connectivity index (χ3n) is 4.90. The number of hydrogen-bond donors (Lipinski definition) is 3. The Balaban J connectivity index is 1.59. The molecule has 0 aliphatic rings. The smallest absolute Gasteiger partial charge is 0.350 e. The zero-order valence-corrected chi connectivity index (χ0v) is 18.9. The van der Waals surface area contributed by atoms with Gasteiger partial charge in [0.25, 0.3) is 0 Å². The minimum atomic E-state index is -0.317. The molecule has 2 heterocycles. The normalized spacial score (nSPS) is 12.8. The zero-order valence-electron chi connectivity index (χ0n) is 18.1. The van der Waals surface area contributed by atoms with Crippen molar-refractivity contribution in [3.05, 3.63) is 51.1 Å². The number of fused-ring (bicyclic) bond motifs is 1.